The second-order valence-electron chi connectivity index (χ2n) is 5.98. The Morgan fingerprint density at radius 1 is 1.16 bits per heavy atom. The van der Waals surface area contributed by atoms with Gasteiger partial charge in [-0.2, -0.15) is 0 Å². The van der Waals surface area contributed by atoms with Crippen LogP contribution < -0.4 is 10.6 Å². The fourth-order valence-electron chi connectivity index (χ4n) is 2.71. The predicted octanol–water partition coefficient (Wildman–Crippen LogP) is 1.76. The Labute approximate surface area is 148 Å². The Hall–Kier alpha value is -2.44. The zero-order valence-corrected chi connectivity index (χ0v) is 14.3. The van der Waals surface area contributed by atoms with E-state index in [1.807, 2.05) is 18.2 Å². The van der Waals surface area contributed by atoms with E-state index in [0.29, 0.717) is 24.5 Å². The molecule has 6 heteroatoms. The summed E-state index contributed by atoms with van der Waals surface area (Å²) < 4.78 is 5.32. The van der Waals surface area contributed by atoms with Crippen molar-refractivity contribution in [2.24, 2.45) is 0 Å². The van der Waals surface area contributed by atoms with Crippen molar-refractivity contribution in [2.75, 3.05) is 44.7 Å². The normalized spacial score (nSPS) is 14.9. The van der Waals surface area contributed by atoms with E-state index >= 15 is 0 Å². The summed E-state index contributed by atoms with van der Waals surface area (Å²) >= 11 is 0. The Kier molecular flexibility index (Phi) is 6.36. The van der Waals surface area contributed by atoms with Crippen molar-refractivity contribution in [3.05, 3.63) is 59.8 Å². The van der Waals surface area contributed by atoms with Crippen molar-refractivity contribution in [2.45, 2.75) is 6.54 Å². The average Bonchev–Trinajstić information content (AvgIpc) is 2.68. The molecule has 2 heterocycles. The molecule has 25 heavy (non-hydrogen) atoms. The second-order valence-corrected chi connectivity index (χ2v) is 5.98. The number of hydrogen-bond acceptors (Lipinski definition) is 5. The number of hydrogen-bond donors (Lipinski definition) is 2. The Bertz CT molecular complexity index is 672. The maximum absolute atomic E-state index is 12.3. The zero-order chi connectivity index (χ0) is 17.3. The highest BCUT2D eigenvalue weighted by Crippen LogP contribution is 2.09. The summed E-state index contributed by atoms with van der Waals surface area (Å²) in [5.41, 5.74) is 1.79. The van der Waals surface area contributed by atoms with Gasteiger partial charge in [0, 0.05) is 44.5 Å². The van der Waals surface area contributed by atoms with Crippen LogP contribution in [0, 0.1) is 0 Å². The van der Waals surface area contributed by atoms with E-state index in [1.54, 1.807) is 18.3 Å². The quantitative estimate of drug-likeness (QED) is 0.804. The van der Waals surface area contributed by atoms with Crippen LogP contribution in [0.15, 0.2) is 48.7 Å². The molecule has 2 N–H and O–H groups in total. The number of carbonyl (C=O) groups is 1. The molecule has 1 amide bonds. The lowest BCUT2D eigenvalue weighted by Crippen LogP contribution is -2.41. The third-order valence-corrected chi connectivity index (χ3v) is 4.16. The van der Waals surface area contributed by atoms with Gasteiger partial charge in [-0.3, -0.25) is 9.69 Å². The number of aromatic nitrogens is 1. The third-order valence-electron chi connectivity index (χ3n) is 4.16. The summed E-state index contributed by atoms with van der Waals surface area (Å²) in [6.45, 7) is 5.56. The fraction of sp³-hybridized carbons (Fsp3) is 0.368. The Morgan fingerprint density at radius 2 is 1.96 bits per heavy atom. The fourth-order valence-corrected chi connectivity index (χ4v) is 2.71. The molecule has 0 radical (unpaired) electrons. The van der Waals surface area contributed by atoms with E-state index in [-0.39, 0.29) is 5.91 Å². The van der Waals surface area contributed by atoms with Gasteiger partial charge >= 0.3 is 0 Å². The standard InChI is InChI=1S/C19H24N4O2/c24-19(21-8-9-23-10-12-25-13-11-23)17-6-7-20-18(14-17)22-15-16-4-2-1-3-5-16/h1-7,14H,8-13,15H2,(H,20,22)(H,21,24). The molecule has 0 unspecified atom stereocenters. The van der Waals surface area contributed by atoms with Gasteiger partial charge in [0.1, 0.15) is 5.82 Å². The first kappa shape index (κ1) is 17.4. The number of amides is 1. The van der Waals surface area contributed by atoms with E-state index in [2.05, 4.69) is 32.7 Å². The number of anilines is 1. The molecule has 0 aliphatic carbocycles. The molecule has 1 aromatic heterocycles. The van der Waals surface area contributed by atoms with Gasteiger partial charge in [0.05, 0.1) is 13.2 Å². The molecule has 1 aliphatic rings. The highest BCUT2D eigenvalue weighted by molar-refractivity contribution is 5.94. The minimum Gasteiger partial charge on any atom is -0.379 e. The maximum atomic E-state index is 12.3. The first-order valence-electron chi connectivity index (χ1n) is 8.63. The molecule has 132 valence electrons. The van der Waals surface area contributed by atoms with Gasteiger partial charge in [-0.25, -0.2) is 4.98 Å². The number of pyridine rings is 1. The molecular weight excluding hydrogens is 316 g/mol. The van der Waals surface area contributed by atoms with Crippen LogP contribution in [0.2, 0.25) is 0 Å². The highest BCUT2D eigenvalue weighted by Gasteiger charge is 2.11. The van der Waals surface area contributed by atoms with Crippen LogP contribution in [0.3, 0.4) is 0 Å². The number of rotatable bonds is 7. The van der Waals surface area contributed by atoms with Crippen molar-refractivity contribution in [1.29, 1.82) is 0 Å². The van der Waals surface area contributed by atoms with Gasteiger partial charge < -0.3 is 15.4 Å². The minimum atomic E-state index is -0.0709. The van der Waals surface area contributed by atoms with Gasteiger partial charge in [-0.1, -0.05) is 30.3 Å². The van der Waals surface area contributed by atoms with Gasteiger partial charge in [0.15, 0.2) is 0 Å². The summed E-state index contributed by atoms with van der Waals surface area (Å²) in [7, 11) is 0. The number of morpholine rings is 1. The van der Waals surface area contributed by atoms with Crippen LogP contribution in [-0.2, 0) is 11.3 Å². The number of benzene rings is 1. The molecule has 1 aromatic carbocycles. The summed E-state index contributed by atoms with van der Waals surface area (Å²) in [4.78, 5) is 18.9. The van der Waals surface area contributed by atoms with Gasteiger partial charge in [0.2, 0.25) is 0 Å². The molecule has 6 nitrogen and oxygen atoms in total. The van der Waals surface area contributed by atoms with Crippen LogP contribution in [-0.4, -0.2) is 55.2 Å². The van der Waals surface area contributed by atoms with E-state index in [4.69, 9.17) is 4.74 Å². The van der Waals surface area contributed by atoms with Gasteiger partial charge in [-0.05, 0) is 17.7 Å². The first-order valence-corrected chi connectivity index (χ1v) is 8.63. The Balaban J connectivity index is 1.47. The van der Waals surface area contributed by atoms with Crippen molar-refractivity contribution in [3.63, 3.8) is 0 Å². The zero-order valence-electron chi connectivity index (χ0n) is 14.3. The smallest absolute Gasteiger partial charge is 0.251 e. The average molecular weight is 340 g/mol. The van der Waals surface area contributed by atoms with Crippen LogP contribution in [0.5, 0.6) is 0 Å². The van der Waals surface area contributed by atoms with Crippen LogP contribution in [0.25, 0.3) is 0 Å². The largest absolute Gasteiger partial charge is 0.379 e. The monoisotopic (exact) mass is 340 g/mol. The van der Waals surface area contributed by atoms with E-state index in [1.165, 1.54) is 5.56 Å². The lowest BCUT2D eigenvalue weighted by molar-refractivity contribution is 0.0383. The van der Waals surface area contributed by atoms with Crippen molar-refractivity contribution in [3.8, 4) is 0 Å². The lowest BCUT2D eigenvalue weighted by atomic mass is 10.2. The van der Waals surface area contributed by atoms with Gasteiger partial charge in [-0.15, -0.1) is 0 Å². The summed E-state index contributed by atoms with van der Waals surface area (Å²) in [6.07, 6.45) is 1.66. The van der Waals surface area contributed by atoms with Gasteiger partial charge in [0.25, 0.3) is 5.91 Å². The maximum Gasteiger partial charge on any atom is 0.251 e. The van der Waals surface area contributed by atoms with Crippen molar-refractivity contribution in [1.82, 2.24) is 15.2 Å². The molecule has 1 saturated heterocycles. The predicted molar refractivity (Wildman–Crippen MR) is 97.6 cm³/mol. The van der Waals surface area contributed by atoms with E-state index < -0.39 is 0 Å². The molecule has 2 aromatic rings. The van der Waals surface area contributed by atoms with Crippen LogP contribution in [0.4, 0.5) is 5.82 Å². The Morgan fingerprint density at radius 3 is 2.76 bits per heavy atom. The number of ether oxygens (including phenoxy) is 1. The second kappa shape index (κ2) is 9.15. The molecule has 0 saturated carbocycles. The summed E-state index contributed by atoms with van der Waals surface area (Å²) in [5.74, 6) is 0.628. The van der Waals surface area contributed by atoms with Crippen molar-refractivity contribution < 1.29 is 9.53 Å². The summed E-state index contributed by atoms with van der Waals surface area (Å²) in [6, 6.07) is 13.6. The topological polar surface area (TPSA) is 66.5 Å². The molecule has 0 bridgehead atoms. The van der Waals surface area contributed by atoms with Crippen molar-refractivity contribution >= 4 is 11.7 Å². The SMILES string of the molecule is O=C(NCCN1CCOCC1)c1ccnc(NCc2ccccc2)c1. The minimum absolute atomic E-state index is 0.0709. The molecule has 3 rings (SSSR count). The molecule has 1 fully saturated rings. The third kappa shape index (κ3) is 5.55. The van der Waals surface area contributed by atoms with Crippen LogP contribution >= 0.6 is 0 Å². The molecule has 1 aliphatic heterocycles. The number of carbonyl (C=O) groups excluding carboxylic acids is 1. The summed E-state index contributed by atoms with van der Waals surface area (Å²) in [5, 5.41) is 6.22. The molecule has 0 spiro atoms. The first-order chi connectivity index (χ1) is 12.3. The van der Waals surface area contributed by atoms with E-state index in [9.17, 15) is 4.79 Å². The highest BCUT2D eigenvalue weighted by atomic mass is 16.5. The number of nitrogens with one attached hydrogen (secondary N) is 2. The van der Waals surface area contributed by atoms with E-state index in [0.717, 1.165) is 32.8 Å². The lowest BCUT2D eigenvalue weighted by Gasteiger charge is -2.26. The van der Waals surface area contributed by atoms with Crippen LogP contribution in [0.1, 0.15) is 15.9 Å². The number of nitrogens with zero attached hydrogens (tertiary/aromatic N) is 2. The molecular formula is C19H24N4O2. The molecule has 0 atom stereocenters.